The minimum atomic E-state index is 1.01. The highest BCUT2D eigenvalue weighted by molar-refractivity contribution is 5.88. The smallest absolute Gasteiger partial charge is 0.0516 e. The third-order valence-electron chi connectivity index (χ3n) is 3.68. The zero-order valence-electron chi connectivity index (χ0n) is 10.2. The van der Waals surface area contributed by atoms with Crippen molar-refractivity contribution in [3.05, 3.63) is 34.5 Å². The predicted molar refractivity (Wildman–Crippen MR) is 67.9 cm³/mol. The van der Waals surface area contributed by atoms with E-state index >= 15 is 0 Å². The molecular weight excluding hydrogens is 196 g/mol. The Balaban J connectivity index is 2.44. The van der Waals surface area contributed by atoms with E-state index in [1.54, 1.807) is 0 Å². The molecule has 0 fully saturated rings. The molecule has 0 saturated carbocycles. The van der Waals surface area contributed by atoms with Crippen LogP contribution >= 0.6 is 0 Å². The molecule has 0 unspecified atom stereocenters. The van der Waals surface area contributed by atoms with E-state index in [-0.39, 0.29) is 0 Å². The van der Waals surface area contributed by atoms with Gasteiger partial charge in [-0.15, -0.1) is 0 Å². The van der Waals surface area contributed by atoms with Gasteiger partial charge < -0.3 is 9.88 Å². The lowest BCUT2D eigenvalue weighted by atomic mass is 10.1. The van der Waals surface area contributed by atoms with E-state index in [4.69, 9.17) is 0 Å². The van der Waals surface area contributed by atoms with Crippen molar-refractivity contribution >= 4 is 10.9 Å². The van der Waals surface area contributed by atoms with E-state index in [2.05, 4.69) is 42.8 Å². The van der Waals surface area contributed by atoms with Gasteiger partial charge in [-0.3, -0.25) is 0 Å². The molecular formula is C14H18N2. The summed E-state index contributed by atoms with van der Waals surface area (Å²) in [5.41, 5.74) is 7.14. The van der Waals surface area contributed by atoms with Gasteiger partial charge in [-0.05, 0) is 38.0 Å². The molecule has 16 heavy (non-hydrogen) atoms. The second kappa shape index (κ2) is 3.36. The maximum Gasteiger partial charge on any atom is 0.0516 e. The van der Waals surface area contributed by atoms with Gasteiger partial charge in [0, 0.05) is 30.7 Å². The number of fused-ring (bicyclic) bond motifs is 3. The SMILES string of the molecule is Cc1cc(C)c2c(c1)c(C)c1n2CCNC1. The molecule has 2 heteroatoms. The van der Waals surface area contributed by atoms with Crippen molar-refractivity contribution in [1.82, 2.24) is 9.88 Å². The van der Waals surface area contributed by atoms with Crippen LogP contribution in [0, 0.1) is 20.8 Å². The van der Waals surface area contributed by atoms with E-state index in [9.17, 15) is 0 Å². The maximum atomic E-state index is 3.46. The molecule has 1 aliphatic heterocycles. The van der Waals surface area contributed by atoms with Gasteiger partial charge >= 0.3 is 0 Å². The van der Waals surface area contributed by atoms with Gasteiger partial charge in [0.05, 0.1) is 5.52 Å². The summed E-state index contributed by atoms with van der Waals surface area (Å²) in [6.45, 7) is 9.86. The van der Waals surface area contributed by atoms with Crippen LogP contribution in [0.15, 0.2) is 12.1 Å². The quantitative estimate of drug-likeness (QED) is 0.713. The molecule has 0 atom stereocenters. The van der Waals surface area contributed by atoms with Gasteiger partial charge in [-0.25, -0.2) is 0 Å². The number of hydrogen-bond acceptors (Lipinski definition) is 1. The van der Waals surface area contributed by atoms with Crippen LogP contribution in [0.5, 0.6) is 0 Å². The Bertz CT molecular complexity index is 564. The van der Waals surface area contributed by atoms with E-state index < -0.39 is 0 Å². The van der Waals surface area contributed by atoms with Gasteiger partial charge in [0.25, 0.3) is 0 Å². The molecule has 3 rings (SSSR count). The Morgan fingerprint density at radius 1 is 1.19 bits per heavy atom. The first-order valence-electron chi connectivity index (χ1n) is 5.98. The summed E-state index contributed by atoms with van der Waals surface area (Å²) in [4.78, 5) is 0. The topological polar surface area (TPSA) is 17.0 Å². The zero-order valence-corrected chi connectivity index (χ0v) is 10.2. The molecule has 2 nitrogen and oxygen atoms in total. The summed E-state index contributed by atoms with van der Waals surface area (Å²) in [6, 6.07) is 4.61. The molecule has 2 aromatic rings. The number of aromatic nitrogens is 1. The standard InChI is InChI=1S/C14H18N2/c1-9-6-10(2)14-12(7-9)11(3)13-8-15-4-5-16(13)14/h6-7,15H,4-5,8H2,1-3H3. The lowest BCUT2D eigenvalue weighted by molar-refractivity contribution is 0.524. The minimum Gasteiger partial charge on any atom is -0.342 e. The van der Waals surface area contributed by atoms with E-state index in [1.165, 1.54) is 33.3 Å². The molecule has 0 radical (unpaired) electrons. The summed E-state index contributed by atoms with van der Waals surface area (Å²) >= 11 is 0. The Morgan fingerprint density at radius 2 is 2.00 bits per heavy atom. The van der Waals surface area contributed by atoms with Crippen molar-refractivity contribution in [3.8, 4) is 0 Å². The number of aryl methyl sites for hydroxylation is 3. The van der Waals surface area contributed by atoms with Gasteiger partial charge in [-0.2, -0.15) is 0 Å². The number of nitrogens with one attached hydrogen (secondary N) is 1. The number of rotatable bonds is 0. The molecule has 0 saturated heterocycles. The predicted octanol–water partition coefficient (Wildman–Crippen LogP) is 2.67. The van der Waals surface area contributed by atoms with Gasteiger partial charge in [0.15, 0.2) is 0 Å². The number of hydrogen-bond donors (Lipinski definition) is 1. The summed E-state index contributed by atoms with van der Waals surface area (Å²) in [5, 5.41) is 4.90. The van der Waals surface area contributed by atoms with Crippen molar-refractivity contribution in [2.75, 3.05) is 6.54 Å². The first kappa shape index (κ1) is 9.91. The second-order valence-electron chi connectivity index (χ2n) is 4.88. The van der Waals surface area contributed by atoms with Crippen molar-refractivity contribution in [3.63, 3.8) is 0 Å². The number of nitrogens with zero attached hydrogens (tertiary/aromatic N) is 1. The lowest BCUT2D eigenvalue weighted by Gasteiger charge is -2.18. The second-order valence-corrected chi connectivity index (χ2v) is 4.88. The Labute approximate surface area is 96.3 Å². The van der Waals surface area contributed by atoms with E-state index in [0.717, 1.165) is 19.6 Å². The normalized spacial score (nSPS) is 15.4. The van der Waals surface area contributed by atoms with Crippen LogP contribution in [0.1, 0.15) is 22.4 Å². The monoisotopic (exact) mass is 214 g/mol. The van der Waals surface area contributed by atoms with Crippen molar-refractivity contribution < 1.29 is 0 Å². The Kier molecular flexibility index (Phi) is 2.08. The molecule has 84 valence electrons. The van der Waals surface area contributed by atoms with Gasteiger partial charge in [-0.1, -0.05) is 11.6 Å². The van der Waals surface area contributed by atoms with Gasteiger partial charge in [0.2, 0.25) is 0 Å². The van der Waals surface area contributed by atoms with Gasteiger partial charge in [0.1, 0.15) is 0 Å². The lowest BCUT2D eigenvalue weighted by Crippen LogP contribution is -2.28. The molecule has 1 aromatic carbocycles. The first-order chi connectivity index (χ1) is 7.68. The molecule has 1 aliphatic rings. The molecule has 1 aromatic heterocycles. The van der Waals surface area contributed by atoms with Crippen LogP contribution < -0.4 is 5.32 Å². The average Bonchev–Trinajstić information content (AvgIpc) is 2.54. The highest BCUT2D eigenvalue weighted by Crippen LogP contribution is 2.30. The van der Waals surface area contributed by atoms with Crippen molar-refractivity contribution in [2.24, 2.45) is 0 Å². The van der Waals surface area contributed by atoms with Crippen molar-refractivity contribution in [1.29, 1.82) is 0 Å². The fraction of sp³-hybridized carbons (Fsp3) is 0.429. The molecule has 0 amide bonds. The highest BCUT2D eigenvalue weighted by atomic mass is 15.1. The Morgan fingerprint density at radius 3 is 2.81 bits per heavy atom. The van der Waals surface area contributed by atoms with E-state index in [1.807, 2.05) is 0 Å². The largest absolute Gasteiger partial charge is 0.342 e. The first-order valence-corrected chi connectivity index (χ1v) is 5.98. The van der Waals surface area contributed by atoms with Crippen molar-refractivity contribution in [2.45, 2.75) is 33.9 Å². The minimum absolute atomic E-state index is 1.01. The van der Waals surface area contributed by atoms with Crippen LogP contribution in [0.25, 0.3) is 10.9 Å². The maximum absolute atomic E-state index is 3.46. The third kappa shape index (κ3) is 1.23. The Hall–Kier alpha value is -1.28. The highest BCUT2D eigenvalue weighted by Gasteiger charge is 2.17. The molecule has 0 aliphatic carbocycles. The third-order valence-corrected chi connectivity index (χ3v) is 3.68. The van der Waals surface area contributed by atoms with Crippen LogP contribution in [-0.2, 0) is 13.1 Å². The van der Waals surface area contributed by atoms with E-state index in [0.29, 0.717) is 0 Å². The summed E-state index contributed by atoms with van der Waals surface area (Å²) < 4.78 is 2.50. The molecule has 0 spiro atoms. The fourth-order valence-electron chi connectivity index (χ4n) is 2.97. The summed E-state index contributed by atoms with van der Waals surface area (Å²) in [6.07, 6.45) is 0. The average molecular weight is 214 g/mol. The van der Waals surface area contributed by atoms with Crippen LogP contribution in [0.4, 0.5) is 0 Å². The number of benzene rings is 1. The molecule has 0 bridgehead atoms. The van der Waals surface area contributed by atoms with Crippen LogP contribution in [0.3, 0.4) is 0 Å². The molecule has 2 heterocycles. The van der Waals surface area contributed by atoms with Crippen LogP contribution in [0.2, 0.25) is 0 Å². The molecule has 1 N–H and O–H groups in total. The fourth-order valence-corrected chi connectivity index (χ4v) is 2.97. The summed E-state index contributed by atoms with van der Waals surface area (Å²) in [7, 11) is 0. The summed E-state index contributed by atoms with van der Waals surface area (Å²) in [5.74, 6) is 0. The van der Waals surface area contributed by atoms with Crippen LogP contribution in [-0.4, -0.2) is 11.1 Å². The zero-order chi connectivity index (χ0) is 11.3.